The van der Waals surface area contributed by atoms with Crippen LogP contribution in [0.3, 0.4) is 0 Å². The van der Waals surface area contributed by atoms with E-state index in [1.54, 1.807) is 0 Å². The van der Waals surface area contributed by atoms with E-state index in [1.165, 1.54) is 6.42 Å². The summed E-state index contributed by atoms with van der Waals surface area (Å²) in [6.07, 6.45) is 5.71. The van der Waals surface area contributed by atoms with Crippen LogP contribution in [-0.2, 0) is 9.47 Å². The second kappa shape index (κ2) is 4.79. The first-order chi connectivity index (χ1) is 8.34. The summed E-state index contributed by atoms with van der Waals surface area (Å²) in [7, 11) is 0. The quantitative estimate of drug-likeness (QED) is 0.728. The number of ether oxygens (including phenoxy) is 2. The largest absolute Gasteiger partial charge is 0.349 e. The Kier molecular flexibility index (Phi) is 3.81. The van der Waals surface area contributed by atoms with Crippen molar-refractivity contribution in [1.82, 2.24) is 0 Å². The minimum absolute atomic E-state index is 0.260. The Morgan fingerprint density at radius 1 is 1.00 bits per heavy atom. The van der Waals surface area contributed by atoms with E-state index in [1.807, 2.05) is 0 Å². The van der Waals surface area contributed by atoms with Crippen LogP contribution in [0.4, 0.5) is 0 Å². The van der Waals surface area contributed by atoms with Crippen LogP contribution < -0.4 is 0 Å². The normalized spacial score (nSPS) is 33.5. The summed E-state index contributed by atoms with van der Waals surface area (Å²) in [5.74, 6) is 0.416. The third-order valence-electron chi connectivity index (χ3n) is 5.09. The summed E-state index contributed by atoms with van der Waals surface area (Å²) >= 11 is 0. The van der Waals surface area contributed by atoms with Crippen LogP contribution in [-0.4, -0.2) is 19.0 Å². The molecule has 0 aromatic carbocycles. The van der Waals surface area contributed by atoms with Crippen molar-refractivity contribution in [1.29, 1.82) is 0 Å². The van der Waals surface area contributed by atoms with Crippen molar-refractivity contribution in [3.63, 3.8) is 0 Å². The second-order valence-corrected chi connectivity index (χ2v) is 7.55. The molecule has 0 radical (unpaired) electrons. The Bertz CT molecular complexity index is 281. The Hall–Kier alpha value is -0.0800. The highest BCUT2D eigenvalue weighted by atomic mass is 16.7. The van der Waals surface area contributed by atoms with Crippen molar-refractivity contribution in [2.75, 3.05) is 13.2 Å². The zero-order chi connectivity index (χ0) is 13.4. The molecule has 2 aliphatic rings. The highest BCUT2D eigenvalue weighted by molar-refractivity contribution is 4.93. The van der Waals surface area contributed by atoms with Crippen LogP contribution in [0.2, 0.25) is 0 Å². The van der Waals surface area contributed by atoms with Gasteiger partial charge < -0.3 is 9.47 Å². The van der Waals surface area contributed by atoms with Crippen molar-refractivity contribution >= 4 is 0 Å². The summed E-state index contributed by atoms with van der Waals surface area (Å²) in [6.45, 7) is 13.3. The van der Waals surface area contributed by atoms with E-state index in [9.17, 15) is 0 Å². The molecule has 1 atom stereocenters. The Morgan fingerprint density at radius 3 is 2.00 bits per heavy atom. The zero-order valence-corrected chi connectivity index (χ0v) is 12.8. The fourth-order valence-electron chi connectivity index (χ4n) is 3.95. The molecule has 106 valence electrons. The maximum atomic E-state index is 6.29. The van der Waals surface area contributed by atoms with Gasteiger partial charge in [0.05, 0.1) is 13.2 Å². The van der Waals surface area contributed by atoms with Crippen LogP contribution in [0.5, 0.6) is 0 Å². The summed E-state index contributed by atoms with van der Waals surface area (Å²) in [5.41, 5.74) is 0.603. The van der Waals surface area contributed by atoms with Gasteiger partial charge >= 0.3 is 0 Å². The standard InChI is InChI=1S/C16H30O2/c1-6-15(7-2)11-17-16(18-12-15)9-13(3)8-14(4,5)10-16/h13H,6-12H2,1-5H3. The SMILES string of the molecule is CCC1(CC)COC2(CC(C)CC(C)(C)C2)OC1. The molecule has 1 heterocycles. The first-order valence-electron chi connectivity index (χ1n) is 7.62. The maximum Gasteiger partial charge on any atom is 0.169 e. The molecule has 0 amide bonds. The highest BCUT2D eigenvalue weighted by Crippen LogP contribution is 2.49. The molecule has 2 rings (SSSR count). The monoisotopic (exact) mass is 254 g/mol. The van der Waals surface area contributed by atoms with Gasteiger partial charge in [0.15, 0.2) is 5.79 Å². The van der Waals surface area contributed by atoms with Gasteiger partial charge in [-0.25, -0.2) is 0 Å². The molecule has 1 unspecified atom stereocenters. The van der Waals surface area contributed by atoms with Crippen molar-refractivity contribution in [2.24, 2.45) is 16.7 Å². The molecule has 1 aliphatic heterocycles. The molecule has 2 fully saturated rings. The van der Waals surface area contributed by atoms with E-state index in [0.717, 1.165) is 38.9 Å². The van der Waals surface area contributed by atoms with Gasteiger partial charge in [-0.15, -0.1) is 0 Å². The lowest BCUT2D eigenvalue weighted by Crippen LogP contribution is -2.54. The van der Waals surface area contributed by atoms with Gasteiger partial charge in [0.1, 0.15) is 0 Å². The van der Waals surface area contributed by atoms with Crippen molar-refractivity contribution in [3.05, 3.63) is 0 Å². The van der Waals surface area contributed by atoms with Gasteiger partial charge in [0.25, 0.3) is 0 Å². The van der Waals surface area contributed by atoms with Crippen molar-refractivity contribution in [3.8, 4) is 0 Å². The Morgan fingerprint density at radius 2 is 1.56 bits per heavy atom. The molecule has 1 spiro atoms. The smallest absolute Gasteiger partial charge is 0.169 e. The molecule has 1 aliphatic carbocycles. The molecule has 0 aromatic rings. The molecule has 0 aromatic heterocycles. The van der Waals surface area contributed by atoms with E-state index in [0.29, 0.717) is 11.3 Å². The summed E-state index contributed by atoms with van der Waals surface area (Å²) in [5, 5.41) is 0. The van der Waals surface area contributed by atoms with Gasteiger partial charge in [-0.05, 0) is 30.6 Å². The van der Waals surface area contributed by atoms with E-state index in [4.69, 9.17) is 9.47 Å². The first-order valence-corrected chi connectivity index (χ1v) is 7.62. The Balaban J connectivity index is 2.07. The number of hydrogen-bond donors (Lipinski definition) is 0. The zero-order valence-electron chi connectivity index (χ0n) is 12.8. The third kappa shape index (κ3) is 2.75. The first kappa shape index (κ1) is 14.3. The van der Waals surface area contributed by atoms with Crippen LogP contribution in [0.25, 0.3) is 0 Å². The molecular weight excluding hydrogens is 224 g/mol. The highest BCUT2D eigenvalue weighted by Gasteiger charge is 2.49. The lowest BCUT2D eigenvalue weighted by molar-refractivity contribution is -0.331. The van der Waals surface area contributed by atoms with Gasteiger partial charge in [-0.3, -0.25) is 0 Å². The predicted molar refractivity (Wildman–Crippen MR) is 74.4 cm³/mol. The Labute approximate surface area is 112 Å². The lowest BCUT2D eigenvalue weighted by Gasteiger charge is -2.52. The van der Waals surface area contributed by atoms with Crippen molar-refractivity contribution < 1.29 is 9.47 Å². The van der Waals surface area contributed by atoms with Crippen LogP contribution in [0, 0.1) is 16.7 Å². The molecule has 18 heavy (non-hydrogen) atoms. The topological polar surface area (TPSA) is 18.5 Å². The summed E-state index contributed by atoms with van der Waals surface area (Å²) < 4.78 is 12.6. The van der Waals surface area contributed by atoms with Gasteiger partial charge in [-0.1, -0.05) is 34.6 Å². The van der Waals surface area contributed by atoms with Crippen molar-refractivity contribution in [2.45, 2.75) is 72.5 Å². The van der Waals surface area contributed by atoms with Crippen LogP contribution in [0.1, 0.15) is 66.7 Å². The molecular formula is C16H30O2. The minimum Gasteiger partial charge on any atom is -0.349 e. The van der Waals surface area contributed by atoms with E-state index in [2.05, 4.69) is 34.6 Å². The van der Waals surface area contributed by atoms with E-state index < -0.39 is 0 Å². The fraction of sp³-hybridized carbons (Fsp3) is 1.00. The average molecular weight is 254 g/mol. The number of rotatable bonds is 2. The summed E-state index contributed by atoms with van der Waals surface area (Å²) in [4.78, 5) is 0. The third-order valence-corrected chi connectivity index (χ3v) is 5.09. The van der Waals surface area contributed by atoms with E-state index >= 15 is 0 Å². The lowest BCUT2D eigenvalue weighted by atomic mass is 9.69. The van der Waals surface area contributed by atoms with Gasteiger partial charge in [0, 0.05) is 18.3 Å². The van der Waals surface area contributed by atoms with E-state index in [-0.39, 0.29) is 11.2 Å². The minimum atomic E-state index is -0.283. The predicted octanol–water partition coefficient (Wildman–Crippen LogP) is 4.38. The van der Waals surface area contributed by atoms with Gasteiger partial charge in [0.2, 0.25) is 0 Å². The fourth-order valence-corrected chi connectivity index (χ4v) is 3.95. The maximum absolute atomic E-state index is 6.29. The molecule has 1 saturated carbocycles. The molecule has 0 N–H and O–H groups in total. The second-order valence-electron chi connectivity index (χ2n) is 7.55. The number of hydrogen-bond acceptors (Lipinski definition) is 2. The molecule has 2 nitrogen and oxygen atoms in total. The van der Waals surface area contributed by atoms with Crippen LogP contribution in [0.15, 0.2) is 0 Å². The van der Waals surface area contributed by atoms with Gasteiger partial charge in [-0.2, -0.15) is 0 Å². The molecule has 1 saturated heterocycles. The summed E-state index contributed by atoms with van der Waals surface area (Å²) in [6, 6.07) is 0. The molecule has 0 bridgehead atoms. The average Bonchev–Trinajstić information content (AvgIpc) is 2.28. The molecule has 2 heteroatoms. The van der Waals surface area contributed by atoms with Crippen LogP contribution >= 0.6 is 0 Å².